The number of carbonyl (C=O) groups is 1. The molecule has 1 aromatic rings. The van der Waals surface area contributed by atoms with E-state index in [1.807, 2.05) is 0 Å². The van der Waals surface area contributed by atoms with Gasteiger partial charge in [-0.05, 0) is 43.5 Å². The van der Waals surface area contributed by atoms with Crippen LogP contribution in [0.4, 0.5) is 4.39 Å². The molecule has 0 radical (unpaired) electrons. The zero-order valence-corrected chi connectivity index (χ0v) is 11.0. The first-order valence-corrected chi connectivity index (χ1v) is 6.47. The van der Waals surface area contributed by atoms with E-state index in [2.05, 4.69) is 0 Å². The van der Waals surface area contributed by atoms with E-state index in [-0.39, 0.29) is 24.4 Å². The lowest BCUT2D eigenvalue weighted by atomic mass is 10.1. The Balaban J connectivity index is 2.12. The van der Waals surface area contributed by atoms with E-state index in [4.69, 9.17) is 0 Å². The third-order valence-electron chi connectivity index (χ3n) is 3.44. The summed E-state index contributed by atoms with van der Waals surface area (Å²) in [4.78, 5) is 14.0. The topological polar surface area (TPSA) is 40.5 Å². The first-order chi connectivity index (χ1) is 9.11. The van der Waals surface area contributed by atoms with E-state index >= 15 is 0 Å². The van der Waals surface area contributed by atoms with Gasteiger partial charge < -0.3 is 10.0 Å². The monoisotopic (exact) mass is 263 g/mol. The molecule has 1 atom stereocenters. The molecule has 4 heteroatoms. The van der Waals surface area contributed by atoms with Crippen molar-refractivity contribution in [3.63, 3.8) is 0 Å². The lowest BCUT2D eigenvalue weighted by Gasteiger charge is -2.23. The highest BCUT2D eigenvalue weighted by Gasteiger charge is 2.28. The van der Waals surface area contributed by atoms with Gasteiger partial charge in [0.15, 0.2) is 0 Å². The third kappa shape index (κ3) is 3.20. The van der Waals surface area contributed by atoms with E-state index in [1.165, 1.54) is 12.1 Å². The molecule has 1 aliphatic rings. The summed E-state index contributed by atoms with van der Waals surface area (Å²) in [5, 5.41) is 9.23. The van der Waals surface area contributed by atoms with Gasteiger partial charge in [-0.25, -0.2) is 4.39 Å². The maximum Gasteiger partial charge on any atom is 0.249 e. The van der Waals surface area contributed by atoms with Crippen molar-refractivity contribution in [1.29, 1.82) is 0 Å². The van der Waals surface area contributed by atoms with E-state index in [0.29, 0.717) is 12.1 Å². The maximum absolute atomic E-state index is 12.8. The number of hydrogen-bond donors (Lipinski definition) is 1. The molecule has 1 unspecified atom stereocenters. The summed E-state index contributed by atoms with van der Waals surface area (Å²) >= 11 is 0. The second-order valence-corrected chi connectivity index (χ2v) is 4.86. The van der Waals surface area contributed by atoms with Crippen LogP contribution in [-0.4, -0.2) is 35.1 Å². The van der Waals surface area contributed by atoms with Crippen molar-refractivity contribution in [2.24, 2.45) is 0 Å². The smallest absolute Gasteiger partial charge is 0.249 e. The summed E-state index contributed by atoms with van der Waals surface area (Å²) in [6.45, 7) is 2.45. The Morgan fingerprint density at radius 2 is 2.16 bits per heavy atom. The fourth-order valence-electron chi connectivity index (χ4n) is 2.39. The molecule has 3 nitrogen and oxygen atoms in total. The normalized spacial score (nSPS) is 19.8. The number of nitrogens with zero attached hydrogens (tertiary/aromatic N) is 1. The first kappa shape index (κ1) is 13.7. The molecule has 19 heavy (non-hydrogen) atoms. The lowest BCUT2D eigenvalue weighted by Crippen LogP contribution is -2.38. The third-order valence-corrected chi connectivity index (χ3v) is 3.44. The van der Waals surface area contributed by atoms with Crippen molar-refractivity contribution in [1.82, 2.24) is 4.90 Å². The Kier molecular flexibility index (Phi) is 4.32. The van der Waals surface area contributed by atoms with Crippen molar-refractivity contribution in [2.45, 2.75) is 25.8 Å². The number of halogens is 1. The van der Waals surface area contributed by atoms with Crippen LogP contribution in [0.2, 0.25) is 0 Å². The Hall–Kier alpha value is -1.68. The molecular formula is C15H18FNO2. The van der Waals surface area contributed by atoms with Gasteiger partial charge in [0.2, 0.25) is 5.91 Å². The van der Waals surface area contributed by atoms with Crippen molar-refractivity contribution >= 4 is 12.0 Å². The second kappa shape index (κ2) is 5.97. The van der Waals surface area contributed by atoms with Crippen molar-refractivity contribution in [3.8, 4) is 0 Å². The van der Waals surface area contributed by atoms with Gasteiger partial charge in [0.05, 0.1) is 12.6 Å². The average molecular weight is 263 g/mol. The molecule has 102 valence electrons. The van der Waals surface area contributed by atoms with Crippen LogP contribution in [0.5, 0.6) is 0 Å². The zero-order valence-electron chi connectivity index (χ0n) is 11.0. The molecule has 0 bridgehead atoms. The van der Waals surface area contributed by atoms with Gasteiger partial charge in [-0.1, -0.05) is 12.1 Å². The summed E-state index contributed by atoms with van der Waals surface area (Å²) in [5.74, 6) is -0.345. The lowest BCUT2D eigenvalue weighted by molar-refractivity contribution is -0.128. The molecular weight excluding hydrogens is 245 g/mol. The van der Waals surface area contributed by atoms with E-state index < -0.39 is 0 Å². The van der Waals surface area contributed by atoms with Crippen LogP contribution in [0.3, 0.4) is 0 Å². The van der Waals surface area contributed by atoms with E-state index in [0.717, 1.165) is 18.4 Å². The number of hydrogen-bond acceptors (Lipinski definition) is 2. The zero-order chi connectivity index (χ0) is 13.8. The molecule has 0 aromatic heterocycles. The van der Waals surface area contributed by atoms with Crippen LogP contribution in [0.25, 0.3) is 6.08 Å². The molecule has 1 aliphatic heterocycles. The number of likely N-dealkylation sites (tertiary alicyclic amines) is 1. The fraction of sp³-hybridized carbons (Fsp3) is 0.400. The van der Waals surface area contributed by atoms with Gasteiger partial charge in [-0.2, -0.15) is 0 Å². The summed E-state index contributed by atoms with van der Waals surface area (Å²) < 4.78 is 12.8. The van der Waals surface area contributed by atoms with Gasteiger partial charge in [0.1, 0.15) is 5.82 Å². The number of benzene rings is 1. The van der Waals surface area contributed by atoms with Crippen LogP contribution in [0.1, 0.15) is 25.3 Å². The Labute approximate surface area is 112 Å². The van der Waals surface area contributed by atoms with Crippen LogP contribution in [0.15, 0.2) is 29.8 Å². The highest BCUT2D eigenvalue weighted by Crippen LogP contribution is 2.20. The van der Waals surface area contributed by atoms with Gasteiger partial charge in [-0.3, -0.25) is 4.79 Å². The number of aliphatic hydroxyl groups excluding tert-OH is 1. The van der Waals surface area contributed by atoms with Gasteiger partial charge in [0.25, 0.3) is 0 Å². The molecule has 1 saturated heterocycles. The van der Waals surface area contributed by atoms with Gasteiger partial charge in [0, 0.05) is 12.1 Å². The maximum atomic E-state index is 12.8. The Morgan fingerprint density at radius 3 is 2.79 bits per heavy atom. The predicted octanol–water partition coefficient (Wildman–Crippen LogP) is 2.21. The van der Waals surface area contributed by atoms with Crippen molar-refractivity contribution < 1.29 is 14.3 Å². The number of aliphatic hydroxyl groups is 1. The Bertz CT molecular complexity index is 481. The highest BCUT2D eigenvalue weighted by molar-refractivity contribution is 5.97. The fourth-order valence-corrected chi connectivity index (χ4v) is 2.39. The van der Waals surface area contributed by atoms with Crippen molar-refractivity contribution in [3.05, 3.63) is 41.2 Å². The predicted molar refractivity (Wildman–Crippen MR) is 71.9 cm³/mol. The van der Waals surface area contributed by atoms with E-state index in [9.17, 15) is 14.3 Å². The summed E-state index contributed by atoms with van der Waals surface area (Å²) in [7, 11) is 0. The minimum Gasteiger partial charge on any atom is -0.394 e. The molecule has 1 N–H and O–H groups in total. The minimum atomic E-state index is -0.291. The van der Waals surface area contributed by atoms with Crippen LogP contribution in [0, 0.1) is 5.82 Å². The van der Waals surface area contributed by atoms with E-state index in [1.54, 1.807) is 30.0 Å². The van der Waals surface area contributed by atoms with Crippen molar-refractivity contribution in [2.75, 3.05) is 13.2 Å². The number of amides is 1. The van der Waals surface area contributed by atoms with Crippen LogP contribution < -0.4 is 0 Å². The standard InChI is InChI=1S/C15H18FNO2/c1-11(9-12-4-6-13(16)7-5-12)15(19)17-8-2-3-14(17)10-18/h4-7,9,14,18H,2-3,8,10H2,1H3/b11-9-. The molecule has 1 aromatic carbocycles. The molecule has 1 heterocycles. The minimum absolute atomic E-state index is 0.00949. The molecule has 0 aliphatic carbocycles. The second-order valence-electron chi connectivity index (χ2n) is 4.86. The van der Waals surface area contributed by atoms with Crippen LogP contribution >= 0.6 is 0 Å². The average Bonchev–Trinajstić information content (AvgIpc) is 2.88. The quantitative estimate of drug-likeness (QED) is 0.849. The summed E-state index contributed by atoms with van der Waals surface area (Å²) in [6, 6.07) is 5.95. The summed E-state index contributed by atoms with van der Waals surface area (Å²) in [6.07, 6.45) is 3.53. The number of rotatable bonds is 3. The summed E-state index contributed by atoms with van der Waals surface area (Å²) in [5.41, 5.74) is 1.40. The highest BCUT2D eigenvalue weighted by atomic mass is 19.1. The SMILES string of the molecule is C/C(=C/c1ccc(F)cc1)C(=O)N1CCCC1CO. The molecule has 2 rings (SSSR count). The largest absolute Gasteiger partial charge is 0.394 e. The number of carbonyl (C=O) groups excluding carboxylic acids is 1. The molecule has 1 amide bonds. The van der Waals surface area contributed by atoms with Crippen LogP contribution in [-0.2, 0) is 4.79 Å². The first-order valence-electron chi connectivity index (χ1n) is 6.47. The van der Waals surface area contributed by atoms with Gasteiger partial charge in [-0.15, -0.1) is 0 Å². The molecule has 0 saturated carbocycles. The molecule has 1 fully saturated rings. The Morgan fingerprint density at radius 1 is 1.47 bits per heavy atom. The van der Waals surface area contributed by atoms with Gasteiger partial charge >= 0.3 is 0 Å². The molecule has 0 spiro atoms.